The van der Waals surface area contributed by atoms with Gasteiger partial charge in [-0.05, 0) is 32.0 Å². The molecule has 0 aliphatic carbocycles. The number of benzene rings is 1. The molecule has 0 saturated heterocycles. The summed E-state index contributed by atoms with van der Waals surface area (Å²) in [6.45, 7) is 6.90. The average Bonchev–Trinajstić information content (AvgIpc) is 2.28. The smallest absolute Gasteiger partial charge is 0.416 e. The predicted octanol–water partition coefficient (Wildman–Crippen LogP) is 4.09. The topological polar surface area (TPSA) is 29.5 Å². The summed E-state index contributed by atoms with van der Waals surface area (Å²) < 4.78 is 5.15. The maximum absolute atomic E-state index is 12.1. The van der Waals surface area contributed by atoms with E-state index < -0.39 is 11.6 Å². The van der Waals surface area contributed by atoms with Gasteiger partial charge in [0.05, 0.1) is 11.8 Å². The number of rotatable bonds is 3. The molecule has 101 valence electrons. The summed E-state index contributed by atoms with van der Waals surface area (Å²) in [5, 5.41) is 0.492. The summed E-state index contributed by atoms with van der Waals surface area (Å²) >= 11 is 12.0. The standard InChI is InChI=1S/C14H14Cl2NO2/c1-4-6-13(16)17(14(18)19-10(2)3)12-8-5-7-11(15)9-12/h5,7-10,13H,1H2,2-3H3. The van der Waals surface area contributed by atoms with Crippen LogP contribution in [0, 0.1) is 18.8 Å². The SMILES string of the molecule is [CH2]C#CC(Cl)N(C(=O)OC(C)C)c1cccc(Cl)c1. The molecule has 0 fully saturated rings. The van der Waals surface area contributed by atoms with Crippen molar-refractivity contribution < 1.29 is 9.53 Å². The zero-order valence-corrected chi connectivity index (χ0v) is 12.2. The van der Waals surface area contributed by atoms with Gasteiger partial charge in [-0.15, -0.1) is 0 Å². The van der Waals surface area contributed by atoms with Crippen molar-refractivity contribution in [3.63, 3.8) is 0 Å². The number of anilines is 1. The lowest BCUT2D eigenvalue weighted by Crippen LogP contribution is -2.38. The maximum Gasteiger partial charge on any atom is 0.416 e. The average molecular weight is 299 g/mol. The first-order valence-electron chi connectivity index (χ1n) is 5.62. The highest BCUT2D eigenvalue weighted by atomic mass is 35.5. The highest BCUT2D eigenvalue weighted by Gasteiger charge is 2.24. The van der Waals surface area contributed by atoms with E-state index in [9.17, 15) is 4.79 Å². The maximum atomic E-state index is 12.1. The lowest BCUT2D eigenvalue weighted by molar-refractivity contribution is 0.122. The fourth-order valence-electron chi connectivity index (χ4n) is 1.36. The number of carbonyl (C=O) groups excluding carboxylic acids is 1. The molecule has 0 aliphatic heterocycles. The highest BCUT2D eigenvalue weighted by molar-refractivity contribution is 6.31. The quantitative estimate of drug-likeness (QED) is 0.478. The number of halogens is 2. The van der Waals surface area contributed by atoms with E-state index in [4.69, 9.17) is 27.9 Å². The van der Waals surface area contributed by atoms with Crippen LogP contribution in [0.4, 0.5) is 10.5 Å². The molecule has 1 aromatic rings. The number of hydrogen-bond acceptors (Lipinski definition) is 2. The number of ether oxygens (including phenoxy) is 1. The summed E-state index contributed by atoms with van der Waals surface area (Å²) in [6.07, 6.45) is -0.842. The van der Waals surface area contributed by atoms with Gasteiger partial charge in [0.25, 0.3) is 0 Å². The molecular weight excluding hydrogens is 285 g/mol. The third-order valence-corrected chi connectivity index (χ3v) is 2.61. The van der Waals surface area contributed by atoms with Crippen LogP contribution in [0.1, 0.15) is 13.8 Å². The van der Waals surface area contributed by atoms with Crippen LogP contribution in [-0.4, -0.2) is 17.7 Å². The Balaban J connectivity index is 3.10. The van der Waals surface area contributed by atoms with Crippen molar-refractivity contribution in [1.29, 1.82) is 0 Å². The first-order chi connectivity index (χ1) is 8.95. The van der Waals surface area contributed by atoms with Gasteiger partial charge in [-0.3, -0.25) is 0 Å². The first kappa shape index (κ1) is 15.7. The Bertz CT molecular complexity index is 506. The molecule has 0 N–H and O–H groups in total. The Hall–Kier alpha value is -1.37. The Labute approximate surface area is 123 Å². The van der Waals surface area contributed by atoms with Gasteiger partial charge in [0.1, 0.15) is 0 Å². The van der Waals surface area contributed by atoms with Gasteiger partial charge in [-0.2, -0.15) is 0 Å². The Morgan fingerprint density at radius 1 is 1.47 bits per heavy atom. The molecule has 0 saturated carbocycles. The lowest BCUT2D eigenvalue weighted by atomic mass is 10.3. The van der Waals surface area contributed by atoms with E-state index in [0.717, 1.165) is 0 Å². The van der Waals surface area contributed by atoms with E-state index in [1.807, 2.05) is 0 Å². The molecule has 0 heterocycles. The van der Waals surface area contributed by atoms with Crippen molar-refractivity contribution in [1.82, 2.24) is 0 Å². The number of hydrogen-bond donors (Lipinski definition) is 0. The minimum atomic E-state index is -0.873. The molecule has 3 nitrogen and oxygen atoms in total. The van der Waals surface area contributed by atoms with Gasteiger partial charge < -0.3 is 4.74 Å². The molecule has 1 unspecified atom stereocenters. The minimum Gasteiger partial charge on any atom is -0.446 e. The summed E-state index contributed by atoms with van der Waals surface area (Å²) in [5.41, 5.74) is -0.358. The molecule has 0 bridgehead atoms. The number of nitrogens with zero attached hydrogens (tertiary/aromatic N) is 1. The van der Waals surface area contributed by atoms with Gasteiger partial charge in [-0.1, -0.05) is 41.1 Å². The second kappa shape index (κ2) is 7.28. The van der Waals surface area contributed by atoms with Crippen LogP contribution in [-0.2, 0) is 4.74 Å². The fourth-order valence-corrected chi connectivity index (χ4v) is 1.82. The van der Waals surface area contributed by atoms with Crippen LogP contribution in [0.25, 0.3) is 0 Å². The predicted molar refractivity (Wildman–Crippen MR) is 78.3 cm³/mol. The van der Waals surface area contributed by atoms with Crippen LogP contribution >= 0.6 is 23.2 Å². The molecule has 1 atom stereocenters. The zero-order valence-electron chi connectivity index (χ0n) is 10.7. The largest absolute Gasteiger partial charge is 0.446 e. The number of carbonyl (C=O) groups is 1. The van der Waals surface area contributed by atoms with E-state index in [2.05, 4.69) is 18.8 Å². The Kier molecular flexibility index (Phi) is 6.01. The van der Waals surface area contributed by atoms with E-state index in [0.29, 0.717) is 10.7 Å². The second-order valence-corrected chi connectivity index (χ2v) is 4.79. The third kappa shape index (κ3) is 4.66. The van der Waals surface area contributed by atoms with Crippen LogP contribution in [0.15, 0.2) is 24.3 Å². The third-order valence-electron chi connectivity index (χ3n) is 2.07. The van der Waals surface area contributed by atoms with Crippen molar-refractivity contribution in [2.45, 2.75) is 25.5 Å². The second-order valence-electron chi connectivity index (χ2n) is 3.94. The molecule has 19 heavy (non-hydrogen) atoms. The van der Waals surface area contributed by atoms with E-state index in [1.54, 1.807) is 38.1 Å². The summed E-state index contributed by atoms with van der Waals surface area (Å²) in [4.78, 5) is 13.3. The van der Waals surface area contributed by atoms with Crippen molar-refractivity contribution in [2.75, 3.05) is 4.90 Å². The summed E-state index contributed by atoms with van der Waals surface area (Å²) in [5.74, 6) is 5.03. The minimum absolute atomic E-state index is 0.259. The lowest BCUT2D eigenvalue weighted by Gasteiger charge is -2.25. The van der Waals surface area contributed by atoms with Gasteiger partial charge >= 0.3 is 6.09 Å². The molecule has 1 rings (SSSR count). The van der Waals surface area contributed by atoms with Gasteiger partial charge in [0, 0.05) is 11.9 Å². The van der Waals surface area contributed by atoms with Crippen LogP contribution in [0.5, 0.6) is 0 Å². The molecule has 1 radical (unpaired) electrons. The van der Waals surface area contributed by atoms with Crippen LogP contribution < -0.4 is 4.90 Å². The van der Waals surface area contributed by atoms with Crippen LogP contribution in [0.3, 0.4) is 0 Å². The van der Waals surface area contributed by atoms with Crippen LogP contribution in [0.2, 0.25) is 5.02 Å². The van der Waals surface area contributed by atoms with Gasteiger partial charge in [-0.25, -0.2) is 9.69 Å². The highest BCUT2D eigenvalue weighted by Crippen LogP contribution is 2.24. The molecule has 0 aromatic heterocycles. The fraction of sp³-hybridized carbons (Fsp3) is 0.286. The van der Waals surface area contributed by atoms with Gasteiger partial charge in [0.2, 0.25) is 0 Å². The normalized spacial score (nSPS) is 11.5. The molecule has 0 aliphatic rings. The Morgan fingerprint density at radius 2 is 2.16 bits per heavy atom. The first-order valence-corrected chi connectivity index (χ1v) is 6.44. The number of alkyl halides is 1. The van der Waals surface area contributed by atoms with Crippen molar-refractivity contribution in [3.05, 3.63) is 36.2 Å². The summed E-state index contributed by atoms with van der Waals surface area (Å²) in [7, 11) is 0. The van der Waals surface area contributed by atoms with E-state index >= 15 is 0 Å². The molecule has 1 aromatic carbocycles. The zero-order chi connectivity index (χ0) is 14.4. The molecule has 5 heteroatoms. The molecular formula is C14H14Cl2NO2. The summed E-state index contributed by atoms with van der Waals surface area (Å²) in [6, 6.07) is 6.73. The van der Waals surface area contributed by atoms with Crippen molar-refractivity contribution in [3.8, 4) is 11.8 Å². The molecule has 1 amide bonds. The monoisotopic (exact) mass is 298 g/mol. The van der Waals surface area contributed by atoms with Gasteiger partial charge in [0.15, 0.2) is 5.50 Å². The van der Waals surface area contributed by atoms with Crippen molar-refractivity contribution >= 4 is 35.0 Å². The number of amides is 1. The Morgan fingerprint density at radius 3 is 2.68 bits per heavy atom. The van der Waals surface area contributed by atoms with E-state index in [-0.39, 0.29) is 6.10 Å². The van der Waals surface area contributed by atoms with Crippen molar-refractivity contribution in [2.24, 2.45) is 0 Å². The molecule has 0 spiro atoms. The van der Waals surface area contributed by atoms with E-state index in [1.165, 1.54) is 4.90 Å².